The first-order valence-corrected chi connectivity index (χ1v) is 7.39. The number of aliphatic hydroxyl groups excluding tert-OH is 3. The highest BCUT2D eigenvalue weighted by Gasteiger charge is 2.20. The SMILES string of the molecule is CC(Cl)COC(=O)c1ccccc1C(=O)O.NC(CO)(CO)CO. The number of rotatable bonds is 7. The highest BCUT2D eigenvalue weighted by Crippen LogP contribution is 2.11. The number of nitrogens with two attached hydrogens (primary N) is 1. The standard InChI is InChI=1S/C11H11ClO4.C4H11NO3/c1-7(12)6-16-11(15)9-5-3-2-4-8(9)10(13)14;5-4(1-6,2-7)3-8/h2-5,7H,6H2,1H3,(H,13,14);6-8H,1-3,5H2. The van der Waals surface area contributed by atoms with E-state index in [1.165, 1.54) is 12.1 Å². The van der Waals surface area contributed by atoms with Gasteiger partial charge in [0.25, 0.3) is 0 Å². The second kappa shape index (κ2) is 11.0. The van der Waals surface area contributed by atoms with Crippen molar-refractivity contribution in [3.8, 4) is 0 Å². The van der Waals surface area contributed by atoms with E-state index < -0.39 is 37.3 Å². The van der Waals surface area contributed by atoms with E-state index in [1.807, 2.05) is 0 Å². The number of aromatic carboxylic acids is 1. The minimum absolute atomic E-state index is 0.0346. The van der Waals surface area contributed by atoms with Crippen LogP contribution in [0.5, 0.6) is 0 Å². The van der Waals surface area contributed by atoms with E-state index in [1.54, 1.807) is 19.1 Å². The molecule has 0 saturated carbocycles. The molecule has 0 fully saturated rings. The summed E-state index contributed by atoms with van der Waals surface area (Å²) in [5, 5.41) is 33.6. The van der Waals surface area contributed by atoms with Gasteiger partial charge in [-0.3, -0.25) is 0 Å². The molecule has 0 amide bonds. The van der Waals surface area contributed by atoms with Gasteiger partial charge in [0, 0.05) is 0 Å². The van der Waals surface area contributed by atoms with Crippen LogP contribution in [0.2, 0.25) is 0 Å². The maximum Gasteiger partial charge on any atom is 0.339 e. The largest absolute Gasteiger partial charge is 0.478 e. The molecule has 1 aromatic rings. The molecule has 0 aliphatic heterocycles. The number of alkyl halides is 1. The first-order valence-electron chi connectivity index (χ1n) is 6.95. The van der Waals surface area contributed by atoms with Crippen molar-refractivity contribution >= 4 is 23.5 Å². The lowest BCUT2D eigenvalue weighted by Gasteiger charge is -2.20. The summed E-state index contributed by atoms with van der Waals surface area (Å²) in [6.45, 7) is 0.520. The number of carboxylic acids is 1. The molecule has 1 unspecified atom stereocenters. The van der Waals surface area contributed by atoms with E-state index in [0.717, 1.165) is 0 Å². The molecular formula is C15H22ClNO7. The molecule has 136 valence electrons. The smallest absolute Gasteiger partial charge is 0.339 e. The normalized spacial score (nSPS) is 11.9. The van der Waals surface area contributed by atoms with Crippen LogP contribution in [0.1, 0.15) is 27.6 Å². The van der Waals surface area contributed by atoms with Crippen molar-refractivity contribution in [1.29, 1.82) is 0 Å². The van der Waals surface area contributed by atoms with Gasteiger partial charge in [0.1, 0.15) is 6.61 Å². The number of esters is 1. The molecular weight excluding hydrogens is 342 g/mol. The fourth-order valence-corrected chi connectivity index (χ4v) is 1.33. The van der Waals surface area contributed by atoms with Gasteiger partial charge in [-0.05, 0) is 19.1 Å². The number of ether oxygens (including phenoxy) is 1. The predicted molar refractivity (Wildman–Crippen MR) is 87.2 cm³/mol. The van der Waals surface area contributed by atoms with Crippen molar-refractivity contribution in [2.45, 2.75) is 17.8 Å². The quantitative estimate of drug-likeness (QED) is 0.331. The van der Waals surface area contributed by atoms with Crippen LogP contribution in [-0.2, 0) is 4.74 Å². The van der Waals surface area contributed by atoms with E-state index in [0.29, 0.717) is 0 Å². The molecule has 0 saturated heterocycles. The van der Waals surface area contributed by atoms with Crippen LogP contribution in [0.25, 0.3) is 0 Å². The Morgan fingerprint density at radius 3 is 1.96 bits per heavy atom. The third-order valence-corrected chi connectivity index (χ3v) is 2.89. The van der Waals surface area contributed by atoms with Gasteiger partial charge in [0.05, 0.1) is 41.9 Å². The fourth-order valence-electron chi connectivity index (χ4n) is 1.27. The van der Waals surface area contributed by atoms with E-state index in [2.05, 4.69) is 0 Å². The van der Waals surface area contributed by atoms with Crippen LogP contribution in [-0.4, -0.2) is 69.7 Å². The van der Waals surface area contributed by atoms with Crippen LogP contribution in [0.4, 0.5) is 0 Å². The number of carbonyl (C=O) groups excluding carboxylic acids is 1. The van der Waals surface area contributed by atoms with Crippen molar-refractivity contribution in [3.63, 3.8) is 0 Å². The summed E-state index contributed by atoms with van der Waals surface area (Å²) in [5.41, 5.74) is 3.90. The molecule has 1 rings (SSSR count). The summed E-state index contributed by atoms with van der Waals surface area (Å²) in [5.74, 6) is -1.84. The molecule has 0 heterocycles. The Kier molecular flexibility index (Phi) is 10.2. The number of carboxylic acid groups (broad SMARTS) is 1. The zero-order chi connectivity index (χ0) is 18.8. The second-order valence-electron chi connectivity index (χ2n) is 5.07. The Balaban J connectivity index is 0.000000561. The van der Waals surface area contributed by atoms with Crippen LogP contribution in [0.15, 0.2) is 24.3 Å². The fraction of sp³-hybridized carbons (Fsp3) is 0.467. The Labute approximate surface area is 144 Å². The molecule has 0 radical (unpaired) electrons. The number of hydrogen-bond acceptors (Lipinski definition) is 7. The molecule has 24 heavy (non-hydrogen) atoms. The first kappa shape index (κ1) is 22.3. The molecule has 0 aliphatic carbocycles. The van der Waals surface area contributed by atoms with E-state index in [9.17, 15) is 9.59 Å². The summed E-state index contributed by atoms with van der Waals surface area (Å²) in [4.78, 5) is 22.4. The molecule has 9 heteroatoms. The molecule has 0 aromatic heterocycles. The Hall–Kier alpha value is -1.71. The van der Waals surface area contributed by atoms with Gasteiger partial charge in [-0.25, -0.2) is 9.59 Å². The lowest BCUT2D eigenvalue weighted by Crippen LogP contribution is -2.50. The maximum absolute atomic E-state index is 11.5. The molecule has 0 spiro atoms. The number of halogens is 1. The predicted octanol–water partition coefficient (Wildman–Crippen LogP) is -0.170. The van der Waals surface area contributed by atoms with Crippen molar-refractivity contribution in [2.75, 3.05) is 26.4 Å². The van der Waals surface area contributed by atoms with Crippen LogP contribution in [0.3, 0.4) is 0 Å². The molecule has 0 aliphatic rings. The van der Waals surface area contributed by atoms with Gasteiger partial charge < -0.3 is 30.9 Å². The van der Waals surface area contributed by atoms with Gasteiger partial charge in [0.15, 0.2) is 0 Å². The Morgan fingerprint density at radius 2 is 1.62 bits per heavy atom. The van der Waals surface area contributed by atoms with Crippen molar-refractivity contribution < 1.29 is 34.8 Å². The zero-order valence-electron chi connectivity index (χ0n) is 13.2. The molecule has 1 atom stereocenters. The average Bonchev–Trinajstić information content (AvgIpc) is 2.59. The molecule has 1 aromatic carbocycles. The summed E-state index contributed by atoms with van der Waals surface area (Å²) < 4.78 is 4.85. The molecule has 0 bridgehead atoms. The summed E-state index contributed by atoms with van der Waals surface area (Å²) in [6.07, 6.45) is 0. The maximum atomic E-state index is 11.5. The van der Waals surface area contributed by atoms with Gasteiger partial charge in [-0.2, -0.15) is 0 Å². The first-order chi connectivity index (χ1) is 11.2. The topological polar surface area (TPSA) is 150 Å². The monoisotopic (exact) mass is 363 g/mol. The summed E-state index contributed by atoms with van der Waals surface area (Å²) in [6, 6.07) is 5.88. The number of benzene rings is 1. The van der Waals surface area contributed by atoms with E-state index >= 15 is 0 Å². The van der Waals surface area contributed by atoms with Crippen molar-refractivity contribution in [3.05, 3.63) is 35.4 Å². The highest BCUT2D eigenvalue weighted by molar-refractivity contribution is 6.20. The average molecular weight is 364 g/mol. The van der Waals surface area contributed by atoms with Gasteiger partial charge in [-0.15, -0.1) is 11.6 Å². The third-order valence-electron chi connectivity index (χ3n) is 2.77. The number of aliphatic hydroxyl groups is 3. The van der Waals surface area contributed by atoms with Crippen LogP contribution < -0.4 is 5.73 Å². The summed E-state index contributed by atoms with van der Waals surface area (Å²) in [7, 11) is 0. The van der Waals surface area contributed by atoms with Gasteiger partial charge in [0.2, 0.25) is 0 Å². The third kappa shape index (κ3) is 7.71. The van der Waals surface area contributed by atoms with Crippen molar-refractivity contribution in [1.82, 2.24) is 0 Å². The van der Waals surface area contributed by atoms with Crippen LogP contribution >= 0.6 is 11.6 Å². The van der Waals surface area contributed by atoms with E-state index in [-0.39, 0.29) is 23.1 Å². The van der Waals surface area contributed by atoms with Crippen LogP contribution in [0, 0.1) is 0 Å². The number of hydrogen-bond donors (Lipinski definition) is 5. The second-order valence-corrected chi connectivity index (χ2v) is 5.81. The lowest BCUT2D eigenvalue weighted by molar-refractivity contribution is 0.0497. The van der Waals surface area contributed by atoms with Gasteiger partial charge >= 0.3 is 11.9 Å². The van der Waals surface area contributed by atoms with E-state index in [4.69, 9.17) is 42.5 Å². The highest BCUT2D eigenvalue weighted by atomic mass is 35.5. The Bertz CT molecular complexity index is 524. The minimum Gasteiger partial charge on any atom is -0.478 e. The number of carbonyl (C=O) groups is 2. The summed E-state index contributed by atoms with van der Waals surface area (Å²) >= 11 is 5.62. The zero-order valence-corrected chi connectivity index (χ0v) is 13.9. The van der Waals surface area contributed by atoms with Crippen molar-refractivity contribution in [2.24, 2.45) is 5.73 Å². The molecule has 8 nitrogen and oxygen atoms in total. The molecule has 6 N–H and O–H groups in total. The Morgan fingerprint density at radius 1 is 1.17 bits per heavy atom. The lowest BCUT2D eigenvalue weighted by atomic mass is 10.1. The van der Waals surface area contributed by atoms with Gasteiger partial charge in [-0.1, -0.05) is 12.1 Å². The minimum atomic E-state index is -1.21.